The van der Waals surface area contributed by atoms with Crippen LogP contribution in [0.3, 0.4) is 0 Å². The second-order valence-corrected chi connectivity index (χ2v) is 5.39. The molecule has 0 bridgehead atoms. The number of nitrogens with one attached hydrogen (secondary N) is 1. The number of hydrogen-bond donors (Lipinski definition) is 2. The molecule has 2 unspecified atom stereocenters. The highest BCUT2D eigenvalue weighted by atomic mass is 32.1. The van der Waals surface area contributed by atoms with Gasteiger partial charge >= 0.3 is 0 Å². The van der Waals surface area contributed by atoms with Crippen LogP contribution in [0.15, 0.2) is 47.8 Å². The number of aliphatic hydroxyl groups is 1. The van der Waals surface area contributed by atoms with Crippen molar-refractivity contribution in [1.82, 2.24) is 5.32 Å². The van der Waals surface area contributed by atoms with Gasteiger partial charge in [-0.15, -0.1) is 11.3 Å². The van der Waals surface area contributed by atoms with Crippen LogP contribution >= 0.6 is 11.3 Å². The summed E-state index contributed by atoms with van der Waals surface area (Å²) in [6, 6.07) is 14.6. The third kappa shape index (κ3) is 3.67. The van der Waals surface area contributed by atoms with Gasteiger partial charge in [-0.1, -0.05) is 36.4 Å². The molecule has 0 aliphatic carbocycles. The van der Waals surface area contributed by atoms with Crippen molar-refractivity contribution in [3.8, 4) is 0 Å². The lowest BCUT2D eigenvalue weighted by atomic mass is 10.1. The maximum atomic E-state index is 9.96. The fraction of sp³-hybridized carbons (Fsp3) is 0.333. The van der Waals surface area contributed by atoms with E-state index in [2.05, 4.69) is 24.4 Å². The van der Waals surface area contributed by atoms with E-state index in [4.69, 9.17) is 0 Å². The van der Waals surface area contributed by atoms with Crippen LogP contribution in [0.5, 0.6) is 0 Å². The molecule has 2 nitrogen and oxygen atoms in total. The average molecular weight is 261 g/mol. The van der Waals surface area contributed by atoms with E-state index in [9.17, 15) is 5.11 Å². The van der Waals surface area contributed by atoms with Gasteiger partial charge in [0.05, 0.1) is 6.10 Å². The SMILES string of the molecule is CC(NCCC(O)c1cccs1)c1ccccc1. The summed E-state index contributed by atoms with van der Waals surface area (Å²) in [7, 11) is 0. The van der Waals surface area contributed by atoms with Gasteiger partial charge in [0.15, 0.2) is 0 Å². The average Bonchev–Trinajstić information content (AvgIpc) is 2.93. The zero-order chi connectivity index (χ0) is 12.8. The highest BCUT2D eigenvalue weighted by Gasteiger charge is 2.09. The molecule has 0 aliphatic heterocycles. The van der Waals surface area contributed by atoms with E-state index in [1.165, 1.54) is 5.56 Å². The summed E-state index contributed by atoms with van der Waals surface area (Å²) in [6.07, 6.45) is 0.401. The van der Waals surface area contributed by atoms with Gasteiger partial charge in [0.25, 0.3) is 0 Å². The molecule has 2 N–H and O–H groups in total. The molecule has 0 saturated heterocycles. The molecule has 0 fully saturated rings. The summed E-state index contributed by atoms with van der Waals surface area (Å²) in [5, 5.41) is 15.4. The first-order valence-electron chi connectivity index (χ1n) is 6.27. The molecule has 1 aromatic heterocycles. The van der Waals surface area contributed by atoms with E-state index in [0.29, 0.717) is 6.04 Å². The highest BCUT2D eigenvalue weighted by Crippen LogP contribution is 2.21. The summed E-state index contributed by atoms with van der Waals surface area (Å²) >= 11 is 1.61. The Hall–Kier alpha value is -1.16. The van der Waals surface area contributed by atoms with E-state index in [0.717, 1.165) is 17.8 Å². The molecule has 0 amide bonds. The number of benzene rings is 1. The fourth-order valence-corrected chi connectivity index (χ4v) is 2.67. The molecule has 1 heterocycles. The molecule has 18 heavy (non-hydrogen) atoms. The van der Waals surface area contributed by atoms with Crippen molar-refractivity contribution in [2.45, 2.75) is 25.5 Å². The number of aliphatic hydroxyl groups excluding tert-OH is 1. The lowest BCUT2D eigenvalue weighted by Gasteiger charge is -2.15. The minimum absolute atomic E-state index is 0.321. The van der Waals surface area contributed by atoms with E-state index in [-0.39, 0.29) is 6.10 Å². The molecule has 0 aliphatic rings. The first-order valence-corrected chi connectivity index (χ1v) is 7.15. The smallest absolute Gasteiger partial charge is 0.0894 e. The van der Waals surface area contributed by atoms with E-state index < -0.39 is 0 Å². The van der Waals surface area contributed by atoms with Crippen molar-refractivity contribution in [1.29, 1.82) is 0 Å². The minimum Gasteiger partial charge on any atom is -0.388 e. The van der Waals surface area contributed by atoms with Gasteiger partial charge in [-0.3, -0.25) is 0 Å². The molecular weight excluding hydrogens is 242 g/mol. The van der Waals surface area contributed by atoms with Crippen molar-refractivity contribution in [3.63, 3.8) is 0 Å². The van der Waals surface area contributed by atoms with E-state index >= 15 is 0 Å². The van der Waals surface area contributed by atoms with Crippen LogP contribution in [-0.2, 0) is 0 Å². The van der Waals surface area contributed by atoms with Crippen LogP contribution in [0.25, 0.3) is 0 Å². The summed E-state index contributed by atoms with van der Waals surface area (Å²) in [4.78, 5) is 1.05. The molecule has 2 aromatic rings. The molecule has 0 saturated carbocycles. The second-order valence-electron chi connectivity index (χ2n) is 4.41. The summed E-state index contributed by atoms with van der Waals surface area (Å²) in [5.41, 5.74) is 1.28. The zero-order valence-electron chi connectivity index (χ0n) is 10.5. The number of thiophene rings is 1. The molecule has 1 aromatic carbocycles. The molecule has 0 radical (unpaired) electrons. The lowest BCUT2D eigenvalue weighted by molar-refractivity contribution is 0.169. The van der Waals surface area contributed by atoms with Gasteiger partial charge in [0.2, 0.25) is 0 Å². The topological polar surface area (TPSA) is 32.3 Å². The first kappa shape index (κ1) is 13.3. The maximum absolute atomic E-state index is 9.96. The molecule has 2 atom stereocenters. The molecule has 2 rings (SSSR count). The van der Waals surface area contributed by atoms with Crippen LogP contribution in [-0.4, -0.2) is 11.7 Å². The van der Waals surface area contributed by atoms with Gasteiger partial charge in [0, 0.05) is 10.9 Å². The minimum atomic E-state index is -0.347. The Kier molecular flexibility index (Phi) is 4.93. The Morgan fingerprint density at radius 1 is 1.17 bits per heavy atom. The Bertz CT molecular complexity index is 441. The van der Waals surface area contributed by atoms with Gasteiger partial charge in [-0.05, 0) is 36.9 Å². The van der Waals surface area contributed by atoms with Crippen molar-refractivity contribution < 1.29 is 5.11 Å². The highest BCUT2D eigenvalue weighted by molar-refractivity contribution is 7.10. The largest absolute Gasteiger partial charge is 0.388 e. The zero-order valence-corrected chi connectivity index (χ0v) is 11.4. The standard InChI is InChI=1S/C15H19NOS/c1-12(13-6-3-2-4-7-13)16-10-9-14(17)15-8-5-11-18-15/h2-8,11-12,14,16-17H,9-10H2,1H3. The normalized spacial score (nSPS) is 14.3. The van der Waals surface area contributed by atoms with Crippen LogP contribution < -0.4 is 5.32 Å². The Labute approximate surface area is 112 Å². The van der Waals surface area contributed by atoms with Gasteiger partial charge < -0.3 is 10.4 Å². The van der Waals surface area contributed by atoms with Crippen molar-refractivity contribution in [2.24, 2.45) is 0 Å². The van der Waals surface area contributed by atoms with Crippen molar-refractivity contribution in [2.75, 3.05) is 6.54 Å². The Balaban J connectivity index is 1.76. The quantitative estimate of drug-likeness (QED) is 0.834. The van der Waals surface area contributed by atoms with E-state index in [1.807, 2.05) is 35.7 Å². The Morgan fingerprint density at radius 2 is 1.94 bits per heavy atom. The molecule has 3 heteroatoms. The summed E-state index contributed by atoms with van der Waals surface area (Å²) < 4.78 is 0. The van der Waals surface area contributed by atoms with Crippen LogP contribution in [0, 0.1) is 0 Å². The molecular formula is C15H19NOS. The fourth-order valence-electron chi connectivity index (χ4n) is 1.92. The van der Waals surface area contributed by atoms with Crippen LogP contribution in [0.4, 0.5) is 0 Å². The first-order chi connectivity index (χ1) is 8.77. The molecule has 96 valence electrons. The van der Waals surface area contributed by atoms with Crippen molar-refractivity contribution in [3.05, 3.63) is 58.3 Å². The van der Waals surface area contributed by atoms with Crippen LogP contribution in [0.2, 0.25) is 0 Å². The van der Waals surface area contributed by atoms with Crippen molar-refractivity contribution >= 4 is 11.3 Å². The third-order valence-corrected chi connectivity index (χ3v) is 4.01. The van der Waals surface area contributed by atoms with Gasteiger partial charge in [-0.25, -0.2) is 0 Å². The molecule has 0 spiro atoms. The van der Waals surface area contributed by atoms with Gasteiger partial charge in [-0.2, -0.15) is 0 Å². The second kappa shape index (κ2) is 6.69. The lowest BCUT2D eigenvalue weighted by Crippen LogP contribution is -2.21. The van der Waals surface area contributed by atoms with Gasteiger partial charge in [0.1, 0.15) is 0 Å². The predicted molar refractivity (Wildman–Crippen MR) is 76.8 cm³/mol. The third-order valence-electron chi connectivity index (χ3n) is 3.04. The van der Waals surface area contributed by atoms with E-state index in [1.54, 1.807) is 11.3 Å². The summed E-state index contributed by atoms with van der Waals surface area (Å²) in [6.45, 7) is 2.96. The Morgan fingerprint density at radius 3 is 2.61 bits per heavy atom. The number of hydrogen-bond acceptors (Lipinski definition) is 3. The number of rotatable bonds is 6. The summed E-state index contributed by atoms with van der Waals surface area (Å²) in [5.74, 6) is 0. The van der Waals surface area contributed by atoms with Crippen LogP contribution in [0.1, 0.15) is 35.9 Å². The predicted octanol–water partition coefficient (Wildman–Crippen LogP) is 3.52. The monoisotopic (exact) mass is 261 g/mol. The maximum Gasteiger partial charge on any atom is 0.0894 e.